The summed E-state index contributed by atoms with van der Waals surface area (Å²) in [5.41, 5.74) is -0.176. The predicted octanol–water partition coefficient (Wildman–Crippen LogP) is 3.50. The maximum atomic E-state index is 12.5. The Bertz CT molecular complexity index is 586. The van der Waals surface area contributed by atoms with Crippen LogP contribution in [0.25, 0.3) is 0 Å². The lowest BCUT2D eigenvalue weighted by Gasteiger charge is -2.61. The first-order valence-corrected chi connectivity index (χ1v) is 10.1. The fourth-order valence-electron chi connectivity index (χ4n) is 7.46. The first-order valence-electron chi connectivity index (χ1n) is 10.1. The van der Waals surface area contributed by atoms with Crippen LogP contribution in [0.3, 0.4) is 0 Å². The molecule has 0 amide bonds. The fourth-order valence-corrected chi connectivity index (χ4v) is 7.46. The van der Waals surface area contributed by atoms with Crippen molar-refractivity contribution < 1.29 is 19.4 Å². The minimum absolute atomic E-state index is 0.0474. The number of fused-ring (bicyclic) bond motifs is 5. The van der Waals surface area contributed by atoms with Gasteiger partial charge in [-0.3, -0.25) is 9.59 Å². The van der Waals surface area contributed by atoms with E-state index < -0.39 is 0 Å². The van der Waals surface area contributed by atoms with E-state index in [-0.39, 0.29) is 29.0 Å². The number of esters is 1. The summed E-state index contributed by atoms with van der Waals surface area (Å²) < 4.78 is 5.50. The van der Waals surface area contributed by atoms with Crippen molar-refractivity contribution >= 4 is 11.8 Å². The van der Waals surface area contributed by atoms with Gasteiger partial charge in [-0.05, 0) is 74.0 Å². The van der Waals surface area contributed by atoms with Gasteiger partial charge in [0.05, 0.1) is 6.10 Å². The number of carbonyl (C=O) groups is 2. The quantitative estimate of drug-likeness (QED) is 0.737. The summed E-state index contributed by atoms with van der Waals surface area (Å²) in [4.78, 5) is 23.8. The van der Waals surface area contributed by atoms with E-state index in [2.05, 4.69) is 13.8 Å². The van der Waals surface area contributed by atoms with Crippen molar-refractivity contribution in [3.05, 3.63) is 0 Å². The smallest absolute Gasteiger partial charge is 0.302 e. The first-order chi connectivity index (χ1) is 11.8. The van der Waals surface area contributed by atoms with Crippen LogP contribution < -0.4 is 0 Å². The summed E-state index contributed by atoms with van der Waals surface area (Å²) in [7, 11) is 0. The van der Waals surface area contributed by atoms with Crippen LogP contribution in [0.1, 0.15) is 72.1 Å². The Hall–Kier alpha value is -0.900. The first kappa shape index (κ1) is 17.5. The van der Waals surface area contributed by atoms with E-state index in [9.17, 15) is 14.7 Å². The molecule has 4 rings (SSSR count). The largest absolute Gasteiger partial charge is 0.463 e. The molecule has 8 atom stereocenters. The number of ketones is 1. The molecule has 1 N–H and O–H groups in total. The standard InChI is InChI=1S/C21H32O4/c1-12(22)25-14-8-9-20(2)13(10-14)4-5-15-16-6-7-18(24)21(16,3)11-17(23)19(15)20/h13-17,19,23H,4-11H2,1-3H3/t13-,14+,15+,16+,17+,19-,20+,21+/m1/s1. The Morgan fingerprint density at radius 1 is 1.20 bits per heavy atom. The molecule has 0 saturated heterocycles. The van der Waals surface area contributed by atoms with Gasteiger partial charge < -0.3 is 9.84 Å². The van der Waals surface area contributed by atoms with Crippen molar-refractivity contribution in [1.29, 1.82) is 0 Å². The molecule has 0 radical (unpaired) electrons. The summed E-state index contributed by atoms with van der Waals surface area (Å²) in [6, 6.07) is 0. The highest BCUT2D eigenvalue weighted by atomic mass is 16.5. The minimum atomic E-state index is -0.369. The van der Waals surface area contributed by atoms with Crippen LogP contribution in [0.2, 0.25) is 0 Å². The van der Waals surface area contributed by atoms with Gasteiger partial charge in [-0.15, -0.1) is 0 Å². The lowest BCUT2D eigenvalue weighted by atomic mass is 9.44. The Morgan fingerprint density at radius 2 is 1.96 bits per heavy atom. The van der Waals surface area contributed by atoms with E-state index in [0.29, 0.717) is 42.3 Å². The zero-order valence-electron chi connectivity index (χ0n) is 15.8. The third kappa shape index (κ3) is 2.50. The second-order valence-electron chi connectivity index (χ2n) is 9.73. The Balaban J connectivity index is 1.59. The molecule has 140 valence electrons. The topological polar surface area (TPSA) is 63.6 Å². The van der Waals surface area contributed by atoms with E-state index in [1.807, 2.05) is 0 Å². The van der Waals surface area contributed by atoms with E-state index in [1.54, 1.807) is 0 Å². The van der Waals surface area contributed by atoms with Crippen LogP contribution in [-0.2, 0) is 14.3 Å². The summed E-state index contributed by atoms with van der Waals surface area (Å²) in [5.74, 6) is 1.95. The van der Waals surface area contributed by atoms with Gasteiger partial charge in [0.1, 0.15) is 11.9 Å². The second-order valence-corrected chi connectivity index (χ2v) is 9.73. The molecule has 0 aromatic rings. The molecule has 25 heavy (non-hydrogen) atoms. The third-order valence-electron chi connectivity index (χ3n) is 8.59. The van der Waals surface area contributed by atoms with Gasteiger partial charge in [0.2, 0.25) is 0 Å². The lowest BCUT2D eigenvalue weighted by molar-refractivity contribution is -0.181. The van der Waals surface area contributed by atoms with E-state index in [0.717, 1.165) is 38.5 Å². The van der Waals surface area contributed by atoms with Crippen LogP contribution in [-0.4, -0.2) is 29.1 Å². The average molecular weight is 348 g/mol. The summed E-state index contributed by atoms with van der Waals surface area (Å²) in [6.45, 7) is 5.97. The molecule has 0 aromatic heterocycles. The number of hydrogen-bond donors (Lipinski definition) is 1. The Kier molecular flexibility index (Phi) is 4.06. The number of aliphatic hydroxyl groups is 1. The van der Waals surface area contributed by atoms with E-state index >= 15 is 0 Å². The zero-order chi connectivity index (χ0) is 18.0. The average Bonchev–Trinajstić information content (AvgIpc) is 2.82. The molecule has 4 aliphatic carbocycles. The molecule has 4 saturated carbocycles. The van der Waals surface area contributed by atoms with Crippen molar-refractivity contribution in [1.82, 2.24) is 0 Å². The van der Waals surface area contributed by atoms with Crippen molar-refractivity contribution in [2.75, 3.05) is 0 Å². The molecule has 4 heteroatoms. The van der Waals surface area contributed by atoms with Crippen LogP contribution >= 0.6 is 0 Å². The van der Waals surface area contributed by atoms with Gasteiger partial charge >= 0.3 is 5.97 Å². The summed E-state index contributed by atoms with van der Waals surface area (Å²) >= 11 is 0. The lowest BCUT2D eigenvalue weighted by Crippen LogP contribution is -2.59. The highest BCUT2D eigenvalue weighted by Crippen LogP contribution is 2.65. The molecule has 4 fully saturated rings. The minimum Gasteiger partial charge on any atom is -0.463 e. The highest BCUT2D eigenvalue weighted by Gasteiger charge is 2.63. The molecular formula is C21H32O4. The number of aliphatic hydroxyl groups excluding tert-OH is 1. The molecule has 0 aromatic carbocycles. The summed E-state index contributed by atoms with van der Waals surface area (Å²) in [5, 5.41) is 11.1. The van der Waals surface area contributed by atoms with Gasteiger partial charge in [-0.2, -0.15) is 0 Å². The maximum absolute atomic E-state index is 12.5. The molecule has 0 spiro atoms. The maximum Gasteiger partial charge on any atom is 0.302 e. The van der Waals surface area contributed by atoms with Gasteiger partial charge in [0.15, 0.2) is 0 Å². The molecule has 0 heterocycles. The number of Topliss-reactive ketones (excluding diaryl/α,β-unsaturated/α-hetero) is 1. The molecule has 0 aliphatic heterocycles. The molecular weight excluding hydrogens is 316 g/mol. The number of ether oxygens (including phenoxy) is 1. The zero-order valence-corrected chi connectivity index (χ0v) is 15.8. The van der Waals surface area contributed by atoms with Crippen LogP contribution in [0.5, 0.6) is 0 Å². The Labute approximate surface area is 150 Å². The fraction of sp³-hybridized carbons (Fsp3) is 0.905. The van der Waals surface area contributed by atoms with Crippen LogP contribution in [0, 0.1) is 34.5 Å². The Morgan fingerprint density at radius 3 is 2.68 bits per heavy atom. The van der Waals surface area contributed by atoms with Crippen molar-refractivity contribution in [2.24, 2.45) is 34.5 Å². The van der Waals surface area contributed by atoms with Gasteiger partial charge in [-0.1, -0.05) is 13.8 Å². The van der Waals surface area contributed by atoms with E-state index in [4.69, 9.17) is 4.74 Å². The van der Waals surface area contributed by atoms with Gasteiger partial charge in [-0.25, -0.2) is 0 Å². The van der Waals surface area contributed by atoms with Gasteiger partial charge in [0.25, 0.3) is 0 Å². The molecule has 4 aliphatic rings. The number of carbonyl (C=O) groups excluding carboxylic acids is 2. The van der Waals surface area contributed by atoms with Crippen molar-refractivity contribution in [2.45, 2.75) is 84.3 Å². The normalized spacial score (nSPS) is 52.1. The second kappa shape index (κ2) is 5.80. The van der Waals surface area contributed by atoms with E-state index in [1.165, 1.54) is 6.92 Å². The van der Waals surface area contributed by atoms with Crippen molar-refractivity contribution in [3.63, 3.8) is 0 Å². The molecule has 0 unspecified atom stereocenters. The van der Waals surface area contributed by atoms with Gasteiger partial charge in [0, 0.05) is 18.8 Å². The van der Waals surface area contributed by atoms with Crippen LogP contribution in [0.4, 0.5) is 0 Å². The SMILES string of the molecule is CC(=O)O[C@H]1CC[C@@]2(C)[C@H](CC[C@@H]3[C@@H]2[C@@H](O)C[C@]2(C)C(=O)CC[C@@H]32)C1. The highest BCUT2D eigenvalue weighted by molar-refractivity contribution is 5.87. The van der Waals surface area contributed by atoms with Crippen LogP contribution in [0.15, 0.2) is 0 Å². The predicted molar refractivity (Wildman–Crippen MR) is 93.7 cm³/mol. The van der Waals surface area contributed by atoms with Crippen molar-refractivity contribution in [3.8, 4) is 0 Å². The monoisotopic (exact) mass is 348 g/mol. The molecule has 4 nitrogen and oxygen atoms in total. The number of hydrogen-bond acceptors (Lipinski definition) is 4. The number of rotatable bonds is 1. The summed E-state index contributed by atoms with van der Waals surface area (Å²) in [6.07, 6.45) is 7.16. The third-order valence-corrected chi connectivity index (χ3v) is 8.59. The molecule has 0 bridgehead atoms.